The zero-order valence-corrected chi connectivity index (χ0v) is 82.1. The zero-order valence-electron chi connectivity index (χ0n) is 81.3. The van der Waals surface area contributed by atoms with Gasteiger partial charge in [0.15, 0.2) is 17.5 Å². The van der Waals surface area contributed by atoms with Gasteiger partial charge in [0.05, 0.1) is 131 Å². The molecule has 3 fully saturated rings. The van der Waals surface area contributed by atoms with E-state index in [0.29, 0.717) is 28.3 Å². The molecule has 3 saturated heterocycles. The van der Waals surface area contributed by atoms with Crippen molar-refractivity contribution < 1.29 is 84.0 Å². The molecule has 0 radical (unpaired) electrons. The van der Waals surface area contributed by atoms with Crippen molar-refractivity contribution in [1.82, 2.24) is 43.4 Å². The van der Waals surface area contributed by atoms with Gasteiger partial charge in [0.2, 0.25) is 17.7 Å². The van der Waals surface area contributed by atoms with Crippen LogP contribution in [0.25, 0.3) is 83.2 Å². The molecule has 39 heteroatoms. The molecule has 12 aromatic rings. The largest absolute Gasteiger partial charge is 0.507 e. The summed E-state index contributed by atoms with van der Waals surface area (Å²) < 4.78 is 134. The van der Waals surface area contributed by atoms with Gasteiger partial charge in [-0.15, -0.1) is 0 Å². The molecule has 6 aromatic carbocycles. The van der Waals surface area contributed by atoms with Crippen molar-refractivity contribution in [2.45, 2.75) is 136 Å². The molecule has 18 rings (SSSR count). The van der Waals surface area contributed by atoms with Gasteiger partial charge in [-0.3, -0.25) is 76.6 Å². The number of phenols is 3. The molecular formula is C105H102ClF8N17O13. The molecule has 0 bridgehead atoms. The van der Waals surface area contributed by atoms with Gasteiger partial charge < -0.3 is 70.1 Å². The average molecular weight is 2000 g/mol. The third-order valence-corrected chi connectivity index (χ3v) is 27.8. The number of nitrogens with zero attached hydrogens (tertiary/aromatic N) is 16. The SMILES string of the molecule is C=CC(=O)N1CC2C(=O)N(C)c3c(c4cc(Cl)c(-c5c(O)cccc5F)c(F)c4n(-c4c(C(C)C)ccnc4C(C)C)c3=O)N2CC1C.C=CC(=O)N1CC2C(=O)N(C)c3c(c4cc(F)c(-c5c(O)cccc5F)c(F)c4n(-c4c(C(N)=O)ccnc4C(C)C)c3=O)N2CC1C.C=CC(=O)N1CC2C(=O)N(C)c3c(c4cc(F)c(-c5c(O)cccc5F)c(F)c4n(-c4c(N(C)C)ccnc4C(C)C)c3=O)N2CC1C. The lowest BCUT2D eigenvalue weighted by Crippen LogP contribution is -2.66. The maximum atomic E-state index is 17.5. The molecule has 0 spiro atoms. The number of fused-ring (bicyclic) bond motifs is 15. The third-order valence-electron chi connectivity index (χ3n) is 27.5. The summed E-state index contributed by atoms with van der Waals surface area (Å²) in [6.45, 7) is 30.8. The Morgan fingerprint density at radius 3 is 1.06 bits per heavy atom. The lowest BCUT2D eigenvalue weighted by molar-refractivity contribution is -0.132. The van der Waals surface area contributed by atoms with Crippen molar-refractivity contribution >= 4 is 125 Å². The van der Waals surface area contributed by atoms with E-state index in [9.17, 15) is 58.5 Å². The molecule has 5 N–H and O–H groups in total. The van der Waals surface area contributed by atoms with E-state index in [0.717, 1.165) is 79.6 Å². The number of anilines is 7. The fraction of sp³-hybridized carbons (Fsp3) is 0.305. The summed E-state index contributed by atoms with van der Waals surface area (Å²) in [7, 11) is 7.69. The highest BCUT2D eigenvalue weighted by Gasteiger charge is 2.52. The number of pyridine rings is 6. The number of amides is 7. The molecule has 144 heavy (non-hydrogen) atoms. The van der Waals surface area contributed by atoms with Crippen molar-refractivity contribution in [2.75, 3.05) is 109 Å². The Kier molecular flexibility index (Phi) is 26.9. The van der Waals surface area contributed by atoms with Gasteiger partial charge in [0.1, 0.15) is 81.5 Å². The molecule has 7 amide bonds. The number of phenolic OH excluding ortho intramolecular Hbond substituents is 3. The van der Waals surface area contributed by atoms with E-state index in [4.69, 9.17) is 17.3 Å². The first-order valence-electron chi connectivity index (χ1n) is 46.2. The monoisotopic (exact) mass is 2000 g/mol. The third kappa shape index (κ3) is 16.1. The summed E-state index contributed by atoms with van der Waals surface area (Å²) in [6, 6.07) is 13.7. The topological polar surface area (TPSA) is 343 Å². The van der Waals surface area contributed by atoms with Crippen molar-refractivity contribution in [1.29, 1.82) is 0 Å². The molecule has 30 nitrogen and oxygen atoms in total. The Morgan fingerprint density at radius 2 is 0.722 bits per heavy atom. The predicted molar refractivity (Wildman–Crippen MR) is 535 cm³/mol. The summed E-state index contributed by atoms with van der Waals surface area (Å²) in [5, 5.41) is 31.6. The lowest BCUT2D eigenvalue weighted by Gasteiger charge is -2.50. The van der Waals surface area contributed by atoms with Crippen LogP contribution in [0.1, 0.15) is 133 Å². The number of carbonyl (C=O) groups is 7. The maximum absolute atomic E-state index is 17.5. The van der Waals surface area contributed by atoms with E-state index in [2.05, 4.69) is 34.7 Å². The highest BCUT2D eigenvalue weighted by atomic mass is 35.5. The normalized spacial score (nSPS) is 17.6. The van der Waals surface area contributed by atoms with Gasteiger partial charge >= 0.3 is 0 Å². The van der Waals surface area contributed by atoms with E-state index < -0.39 is 197 Å². The molecule has 6 aliphatic rings. The number of aromatic nitrogens is 6. The van der Waals surface area contributed by atoms with Crippen molar-refractivity contribution in [2.24, 2.45) is 5.73 Å². The number of piperazine rings is 3. The minimum atomic E-state index is -1.43. The van der Waals surface area contributed by atoms with Crippen molar-refractivity contribution in [3.8, 4) is 67.7 Å². The Bertz CT molecular complexity index is 7350. The highest BCUT2D eigenvalue weighted by Crippen LogP contribution is 2.53. The number of benzene rings is 6. The first kappa shape index (κ1) is 101. The Balaban J connectivity index is 0.000000155. The number of hydrogen-bond donors (Lipinski definition) is 4. The van der Waals surface area contributed by atoms with Crippen LogP contribution in [0.2, 0.25) is 5.02 Å². The molecular weight excluding hydrogens is 1890 g/mol. The summed E-state index contributed by atoms with van der Waals surface area (Å²) in [5.74, 6) is -16.0. The van der Waals surface area contributed by atoms with Gasteiger partial charge in [0, 0.05) is 113 Å². The smallest absolute Gasteiger partial charge is 0.281 e. The molecule has 0 saturated carbocycles. The average Bonchev–Trinajstić information content (AvgIpc) is 0.703. The summed E-state index contributed by atoms with van der Waals surface area (Å²) >= 11 is 6.80. The Hall–Kier alpha value is -15.8. The zero-order chi connectivity index (χ0) is 105. The van der Waals surface area contributed by atoms with E-state index in [1.54, 1.807) is 85.9 Å². The van der Waals surface area contributed by atoms with Crippen LogP contribution in [0.5, 0.6) is 17.2 Å². The maximum Gasteiger partial charge on any atom is 0.281 e. The van der Waals surface area contributed by atoms with Crippen LogP contribution in [0, 0.1) is 46.5 Å². The number of hydrogen-bond acceptors (Lipinski definition) is 20. The predicted octanol–water partition coefficient (Wildman–Crippen LogP) is 15.4. The molecule has 6 aliphatic heterocycles. The van der Waals surface area contributed by atoms with E-state index >= 15 is 39.9 Å². The van der Waals surface area contributed by atoms with Crippen molar-refractivity contribution in [3.05, 3.63) is 258 Å². The van der Waals surface area contributed by atoms with Gasteiger partial charge in [-0.1, -0.05) is 105 Å². The van der Waals surface area contributed by atoms with Gasteiger partial charge in [-0.25, -0.2) is 35.1 Å². The van der Waals surface area contributed by atoms with Crippen LogP contribution in [0.4, 0.5) is 74.9 Å². The molecule has 748 valence electrons. The number of likely N-dealkylation sites (N-methyl/N-ethyl adjacent to an activating group) is 3. The molecule has 6 aromatic heterocycles. The standard InChI is InChI=1S/C36H36ClF2N5O4.C35H35F3N6O4.C34H31F3N6O5/c1-8-26(46)42-16-24-35(47)41(7)34-33(43(24)15-19(42)6)21-14-22(37)27(28-23(38)10-9-11-25(28)45)29(39)31(21)44(36(34)48)32-20(17(2)3)12-13-40-30(32)18(4)5;1-8-25(46)42-16-23-34(47)41(7)33-31(43(23)15-18(42)4)19-14-21(37)27(26-20(36)10-9-11-24(26)45)28(38)30(19)44(35(33)48)32-22(40(5)6)12-13-39-29(32)17(2)3;1-6-23(45)41-14-21-33(47)40(5)31-30(42(21)13-16(41)4)18-12-20(36)25(24-19(35)8-7-9-22(24)44)26(37)28(18)43(34(31)48)29-17(32(38)46)10-11-39-27(29)15(2)3/h8-14,17-19,24,45H,1,15-16H2,2-7H3;8-14,17-18,23,45H,1,15-16H2,2-7H3;6-12,15-16,21,44H,1,13-14H2,2-5H3,(H2,38,46). The second-order valence-corrected chi connectivity index (χ2v) is 38.1. The number of primary amides is 1. The van der Waals surface area contributed by atoms with E-state index in [1.165, 1.54) is 87.9 Å². The van der Waals surface area contributed by atoms with Crippen molar-refractivity contribution in [3.63, 3.8) is 0 Å². The Morgan fingerprint density at radius 1 is 0.410 bits per heavy atom. The Labute approximate surface area is 825 Å². The summed E-state index contributed by atoms with van der Waals surface area (Å²) in [6.07, 6.45) is 7.96. The van der Waals surface area contributed by atoms with Crippen LogP contribution < -0.4 is 56.7 Å². The number of nitrogens with two attached hydrogens (primary N) is 1. The van der Waals surface area contributed by atoms with Crippen LogP contribution in [0.3, 0.4) is 0 Å². The number of aromatic hydroxyl groups is 3. The second kappa shape index (κ2) is 38.3. The molecule has 6 atom stereocenters. The minimum Gasteiger partial charge on any atom is -0.507 e. The lowest BCUT2D eigenvalue weighted by atomic mass is 9.93. The first-order chi connectivity index (χ1) is 68.1. The van der Waals surface area contributed by atoms with Crippen LogP contribution in [-0.4, -0.2) is 211 Å². The van der Waals surface area contributed by atoms with E-state index in [-0.39, 0.29) is 152 Å². The molecule has 0 aliphatic carbocycles. The van der Waals surface area contributed by atoms with Crippen LogP contribution >= 0.6 is 11.6 Å². The second-order valence-electron chi connectivity index (χ2n) is 37.7. The van der Waals surface area contributed by atoms with Gasteiger partial charge in [0.25, 0.3) is 40.3 Å². The quantitative estimate of drug-likeness (QED) is 0.0547. The fourth-order valence-electron chi connectivity index (χ4n) is 20.7. The number of halogens is 9. The summed E-state index contributed by atoms with van der Waals surface area (Å²) in [4.78, 5) is 166. The highest BCUT2D eigenvalue weighted by molar-refractivity contribution is 6.35. The number of rotatable bonds is 15. The van der Waals surface area contributed by atoms with E-state index in [1.807, 2.05) is 48.5 Å². The summed E-state index contributed by atoms with van der Waals surface area (Å²) in [5.41, 5.74) is 0.292. The first-order valence-corrected chi connectivity index (χ1v) is 46.6. The van der Waals surface area contributed by atoms with Gasteiger partial charge in [-0.05, 0) is 141 Å². The molecule has 12 heterocycles. The van der Waals surface area contributed by atoms with Crippen LogP contribution in [-0.2, 0) is 28.8 Å². The minimum absolute atomic E-state index is 0.00432. The number of carbonyl (C=O) groups excluding carboxylic acids is 7. The van der Waals surface area contributed by atoms with Gasteiger partial charge in [-0.2, -0.15) is 0 Å². The molecule has 6 unspecified atom stereocenters. The fourth-order valence-corrected chi connectivity index (χ4v) is 21.0. The van der Waals surface area contributed by atoms with Crippen LogP contribution in [0.15, 0.2) is 162 Å².